The van der Waals surface area contributed by atoms with Crippen LogP contribution in [0.4, 0.5) is 0 Å². The molecule has 0 spiro atoms. The molecule has 0 saturated heterocycles. The molecule has 2 heteroatoms. The van der Waals surface area contributed by atoms with Crippen molar-refractivity contribution in [3.05, 3.63) is 0 Å². The Bertz CT molecular complexity index is 134. The van der Waals surface area contributed by atoms with Crippen molar-refractivity contribution in [1.29, 1.82) is 0 Å². The topological polar surface area (TPSA) is 17.1 Å². The molecule has 0 unspecified atom stereocenters. The van der Waals surface area contributed by atoms with Crippen LogP contribution in [-0.4, -0.2) is 17.8 Å². The zero-order chi connectivity index (χ0) is 10.6. The molecule has 0 N–H and O–H groups in total. The van der Waals surface area contributed by atoms with Crippen molar-refractivity contribution >= 4 is 17.5 Å². The lowest BCUT2D eigenvalue weighted by molar-refractivity contribution is -0.116. The number of hydrogen-bond acceptors (Lipinski definition) is 2. The lowest BCUT2D eigenvalue weighted by atomic mass is 10.1. The number of carbonyl (C=O) groups excluding carboxylic acids is 1. The molecular formula is C12H24OS. The minimum atomic E-state index is 0.422. The summed E-state index contributed by atoms with van der Waals surface area (Å²) in [4.78, 5) is 11.2. The second-order valence-electron chi connectivity index (χ2n) is 3.84. The summed E-state index contributed by atoms with van der Waals surface area (Å²) in [6.45, 7) is 2.24. The van der Waals surface area contributed by atoms with Crippen molar-refractivity contribution in [3.8, 4) is 0 Å². The first-order valence-electron chi connectivity index (χ1n) is 5.82. The van der Waals surface area contributed by atoms with Crippen molar-refractivity contribution in [3.63, 3.8) is 0 Å². The van der Waals surface area contributed by atoms with Gasteiger partial charge in [0.1, 0.15) is 5.78 Å². The smallest absolute Gasteiger partial charge is 0.142 e. The van der Waals surface area contributed by atoms with Gasteiger partial charge in [0.15, 0.2) is 0 Å². The highest BCUT2D eigenvalue weighted by Crippen LogP contribution is 2.09. The van der Waals surface area contributed by atoms with Crippen LogP contribution in [0.15, 0.2) is 0 Å². The molecule has 0 aliphatic carbocycles. The Hall–Kier alpha value is 0.0200. The second kappa shape index (κ2) is 11.1. The van der Waals surface area contributed by atoms with Gasteiger partial charge in [-0.1, -0.05) is 45.4 Å². The lowest BCUT2D eigenvalue weighted by Crippen LogP contribution is -2.00. The highest BCUT2D eigenvalue weighted by Gasteiger charge is 1.99. The maximum absolute atomic E-state index is 11.2. The van der Waals surface area contributed by atoms with Gasteiger partial charge in [-0.25, -0.2) is 0 Å². The first-order chi connectivity index (χ1) is 6.81. The Labute approximate surface area is 93.0 Å². The molecule has 14 heavy (non-hydrogen) atoms. The van der Waals surface area contributed by atoms with Gasteiger partial charge in [-0.3, -0.25) is 4.79 Å². The zero-order valence-corrected chi connectivity index (χ0v) is 10.5. The van der Waals surface area contributed by atoms with Gasteiger partial charge < -0.3 is 0 Å². The molecule has 0 bridgehead atoms. The van der Waals surface area contributed by atoms with Crippen LogP contribution in [0, 0.1) is 0 Å². The highest BCUT2D eigenvalue weighted by atomic mass is 32.2. The molecule has 0 aromatic rings. The van der Waals surface area contributed by atoms with Crippen molar-refractivity contribution in [2.75, 3.05) is 12.0 Å². The third-order valence-corrected chi connectivity index (χ3v) is 2.98. The number of ketones is 1. The molecule has 1 nitrogen and oxygen atoms in total. The van der Waals surface area contributed by atoms with Crippen LogP contribution in [0.25, 0.3) is 0 Å². The largest absolute Gasteiger partial charge is 0.299 e. The van der Waals surface area contributed by atoms with E-state index in [4.69, 9.17) is 0 Å². The van der Waals surface area contributed by atoms with Crippen LogP contribution in [0.3, 0.4) is 0 Å². The molecule has 0 aromatic carbocycles. The van der Waals surface area contributed by atoms with E-state index in [0.29, 0.717) is 11.5 Å². The van der Waals surface area contributed by atoms with Crippen molar-refractivity contribution in [1.82, 2.24) is 0 Å². The predicted molar refractivity (Wildman–Crippen MR) is 66.0 cm³/mol. The molecule has 0 rings (SSSR count). The van der Waals surface area contributed by atoms with Gasteiger partial charge in [-0.2, -0.15) is 11.8 Å². The number of rotatable bonds is 10. The van der Waals surface area contributed by atoms with Crippen LogP contribution < -0.4 is 0 Å². The summed E-state index contributed by atoms with van der Waals surface area (Å²) in [7, 11) is 0. The molecule has 84 valence electrons. The highest BCUT2D eigenvalue weighted by molar-refractivity contribution is 7.99. The fraction of sp³-hybridized carbons (Fsp3) is 0.917. The Balaban J connectivity index is 3.01. The summed E-state index contributed by atoms with van der Waals surface area (Å²) in [6.07, 6.45) is 11.8. The van der Waals surface area contributed by atoms with Gasteiger partial charge in [0.25, 0.3) is 0 Å². The van der Waals surface area contributed by atoms with Crippen molar-refractivity contribution in [2.45, 2.75) is 58.3 Å². The summed E-state index contributed by atoms with van der Waals surface area (Å²) in [5, 5.41) is 0. The number of thioether (sulfide) groups is 1. The third-order valence-electron chi connectivity index (χ3n) is 2.36. The standard InChI is InChI=1S/C12H24OS/c1-3-4-5-6-7-8-9-10-12(13)11-14-2/h3-11H2,1-2H3. The van der Waals surface area contributed by atoms with Crippen LogP contribution >= 0.6 is 11.8 Å². The van der Waals surface area contributed by atoms with Gasteiger partial charge in [-0.15, -0.1) is 0 Å². The maximum Gasteiger partial charge on any atom is 0.142 e. The van der Waals surface area contributed by atoms with E-state index in [9.17, 15) is 4.79 Å². The van der Waals surface area contributed by atoms with Crippen LogP contribution in [-0.2, 0) is 4.79 Å². The summed E-state index contributed by atoms with van der Waals surface area (Å²) >= 11 is 1.64. The minimum absolute atomic E-state index is 0.422. The molecule has 0 aromatic heterocycles. The van der Waals surface area contributed by atoms with E-state index < -0.39 is 0 Å². The SMILES string of the molecule is CCCCCCCCCC(=O)CSC. The first-order valence-corrected chi connectivity index (χ1v) is 7.21. The van der Waals surface area contributed by atoms with Gasteiger partial charge in [0, 0.05) is 6.42 Å². The van der Waals surface area contributed by atoms with Crippen LogP contribution in [0.1, 0.15) is 58.3 Å². The molecule has 0 aliphatic rings. The molecule has 0 atom stereocenters. The predicted octanol–water partition coefficient (Wildman–Crippen LogP) is 4.06. The number of hydrogen-bond donors (Lipinski definition) is 0. The molecule has 0 amide bonds. The molecule has 0 heterocycles. The van der Waals surface area contributed by atoms with E-state index in [2.05, 4.69) is 6.92 Å². The summed E-state index contributed by atoms with van der Waals surface area (Å²) in [5.41, 5.74) is 0. The van der Waals surface area contributed by atoms with E-state index in [-0.39, 0.29) is 0 Å². The molecule has 0 saturated carbocycles. The Morgan fingerprint density at radius 1 is 1.00 bits per heavy atom. The number of Topliss-reactive ketones (excluding diaryl/α,β-unsaturated/α-hetero) is 1. The van der Waals surface area contributed by atoms with E-state index in [1.165, 1.54) is 38.5 Å². The van der Waals surface area contributed by atoms with E-state index in [0.717, 1.165) is 12.8 Å². The van der Waals surface area contributed by atoms with E-state index in [1.807, 2.05) is 6.26 Å². The molecule has 0 aliphatic heterocycles. The fourth-order valence-corrected chi connectivity index (χ4v) is 1.98. The summed E-state index contributed by atoms with van der Waals surface area (Å²) in [5.74, 6) is 1.13. The zero-order valence-electron chi connectivity index (χ0n) is 9.68. The van der Waals surface area contributed by atoms with Crippen LogP contribution in [0.2, 0.25) is 0 Å². The third kappa shape index (κ3) is 10.1. The van der Waals surface area contributed by atoms with Crippen LogP contribution in [0.5, 0.6) is 0 Å². The fourth-order valence-electron chi connectivity index (χ4n) is 1.51. The Morgan fingerprint density at radius 2 is 1.57 bits per heavy atom. The van der Waals surface area contributed by atoms with E-state index in [1.54, 1.807) is 11.8 Å². The van der Waals surface area contributed by atoms with Crippen molar-refractivity contribution < 1.29 is 4.79 Å². The molecule has 0 fully saturated rings. The van der Waals surface area contributed by atoms with Crippen molar-refractivity contribution in [2.24, 2.45) is 0 Å². The van der Waals surface area contributed by atoms with E-state index >= 15 is 0 Å². The quantitative estimate of drug-likeness (QED) is 0.512. The first kappa shape index (κ1) is 14.0. The molecule has 0 radical (unpaired) electrons. The minimum Gasteiger partial charge on any atom is -0.299 e. The summed E-state index contributed by atoms with van der Waals surface area (Å²) < 4.78 is 0. The van der Waals surface area contributed by atoms with Gasteiger partial charge >= 0.3 is 0 Å². The van der Waals surface area contributed by atoms with Gasteiger partial charge in [0.05, 0.1) is 5.75 Å². The average Bonchev–Trinajstić information content (AvgIpc) is 2.17. The Morgan fingerprint density at radius 3 is 2.14 bits per heavy atom. The van der Waals surface area contributed by atoms with Gasteiger partial charge in [-0.05, 0) is 12.7 Å². The second-order valence-corrected chi connectivity index (χ2v) is 4.71. The number of unbranched alkanes of at least 4 members (excludes halogenated alkanes) is 6. The monoisotopic (exact) mass is 216 g/mol. The van der Waals surface area contributed by atoms with Gasteiger partial charge in [0.2, 0.25) is 0 Å². The lowest BCUT2D eigenvalue weighted by Gasteiger charge is -2.00. The Kier molecular flexibility index (Phi) is 11.1. The maximum atomic E-state index is 11.2. The number of carbonyl (C=O) groups is 1. The normalized spacial score (nSPS) is 10.4. The summed E-state index contributed by atoms with van der Waals surface area (Å²) in [6, 6.07) is 0. The molecular weight excluding hydrogens is 192 g/mol. The average molecular weight is 216 g/mol.